The first kappa shape index (κ1) is 11.5. The van der Waals surface area contributed by atoms with Gasteiger partial charge in [-0.3, -0.25) is 4.79 Å². The molecule has 0 atom stereocenters. The zero-order valence-electron chi connectivity index (χ0n) is 8.54. The summed E-state index contributed by atoms with van der Waals surface area (Å²) in [5.74, 6) is -2.41. The fraction of sp³-hybridized carbons (Fsp3) is 0. The number of hydrogen-bond acceptors (Lipinski definition) is 3. The molecule has 3 N–H and O–H groups in total. The van der Waals surface area contributed by atoms with Crippen molar-refractivity contribution < 1.29 is 13.6 Å². The molecule has 3 nitrogen and oxygen atoms in total. The monoisotopic (exact) mass is 254 g/mol. The van der Waals surface area contributed by atoms with Crippen molar-refractivity contribution in [2.24, 2.45) is 0 Å². The number of anilines is 2. The summed E-state index contributed by atoms with van der Waals surface area (Å²) in [6, 6.07) is 4.74. The fourth-order valence-corrected chi connectivity index (χ4v) is 1.98. The van der Waals surface area contributed by atoms with Crippen molar-refractivity contribution in [3.05, 3.63) is 46.2 Å². The van der Waals surface area contributed by atoms with Crippen molar-refractivity contribution in [2.45, 2.75) is 0 Å². The second-order valence-corrected chi connectivity index (χ2v) is 4.20. The Bertz CT molecular complexity index is 568. The van der Waals surface area contributed by atoms with E-state index < -0.39 is 17.5 Å². The lowest BCUT2D eigenvalue weighted by Crippen LogP contribution is -2.12. The lowest BCUT2D eigenvalue weighted by atomic mass is 10.3. The molecule has 0 unspecified atom stereocenters. The number of nitrogen functional groups attached to an aromatic ring is 1. The van der Waals surface area contributed by atoms with Gasteiger partial charge in [0.05, 0.1) is 5.69 Å². The molecule has 0 aliphatic rings. The molecule has 1 aromatic carbocycles. The molecule has 6 heteroatoms. The Morgan fingerprint density at radius 3 is 2.59 bits per heavy atom. The molecule has 0 saturated carbocycles. The minimum absolute atomic E-state index is 0.182. The van der Waals surface area contributed by atoms with Crippen LogP contribution in [0.5, 0.6) is 0 Å². The zero-order valence-corrected chi connectivity index (χ0v) is 9.35. The van der Waals surface area contributed by atoms with E-state index in [1.807, 2.05) is 0 Å². The second-order valence-electron chi connectivity index (χ2n) is 3.29. The van der Waals surface area contributed by atoms with Gasteiger partial charge in [0, 0.05) is 11.8 Å². The van der Waals surface area contributed by atoms with E-state index in [-0.39, 0.29) is 5.69 Å². The maximum atomic E-state index is 12.9. The molecule has 0 bridgehead atoms. The van der Waals surface area contributed by atoms with Crippen LogP contribution in [0, 0.1) is 11.6 Å². The third-order valence-corrected chi connectivity index (χ3v) is 3.01. The molecular weight excluding hydrogens is 246 g/mol. The third kappa shape index (κ3) is 2.42. The van der Waals surface area contributed by atoms with Crippen LogP contribution in [0.25, 0.3) is 0 Å². The van der Waals surface area contributed by atoms with Gasteiger partial charge in [-0.1, -0.05) is 0 Å². The molecular formula is C11H8F2N2OS. The normalized spacial score (nSPS) is 10.2. The number of amides is 1. The van der Waals surface area contributed by atoms with Crippen LogP contribution in [0.3, 0.4) is 0 Å². The van der Waals surface area contributed by atoms with Crippen LogP contribution in [0.15, 0.2) is 29.6 Å². The maximum absolute atomic E-state index is 12.9. The predicted molar refractivity (Wildman–Crippen MR) is 63.0 cm³/mol. The molecule has 0 spiro atoms. The average Bonchev–Trinajstić information content (AvgIpc) is 2.70. The molecule has 0 saturated heterocycles. The Hall–Kier alpha value is -1.95. The van der Waals surface area contributed by atoms with Crippen molar-refractivity contribution in [1.82, 2.24) is 0 Å². The Labute approximate surface area is 99.9 Å². The molecule has 88 valence electrons. The largest absolute Gasteiger partial charge is 0.397 e. The Morgan fingerprint density at radius 2 is 2.00 bits per heavy atom. The van der Waals surface area contributed by atoms with Gasteiger partial charge in [-0.15, -0.1) is 11.3 Å². The summed E-state index contributed by atoms with van der Waals surface area (Å²) in [5, 5.41) is 4.11. The van der Waals surface area contributed by atoms with Crippen LogP contribution in [0.2, 0.25) is 0 Å². The predicted octanol–water partition coefficient (Wildman–Crippen LogP) is 2.86. The number of rotatable bonds is 2. The minimum Gasteiger partial charge on any atom is -0.397 e. The van der Waals surface area contributed by atoms with Gasteiger partial charge in [0.25, 0.3) is 5.91 Å². The van der Waals surface area contributed by atoms with E-state index >= 15 is 0 Å². The number of benzene rings is 1. The van der Waals surface area contributed by atoms with Crippen LogP contribution in [-0.2, 0) is 0 Å². The first-order valence-electron chi connectivity index (χ1n) is 4.67. The highest BCUT2D eigenvalue weighted by molar-refractivity contribution is 7.12. The number of nitrogens with two attached hydrogens (primary N) is 1. The van der Waals surface area contributed by atoms with Crippen LogP contribution < -0.4 is 11.1 Å². The van der Waals surface area contributed by atoms with Crippen molar-refractivity contribution in [2.75, 3.05) is 11.1 Å². The van der Waals surface area contributed by atoms with Gasteiger partial charge in [-0.25, -0.2) is 8.78 Å². The highest BCUT2D eigenvalue weighted by atomic mass is 32.1. The van der Waals surface area contributed by atoms with E-state index in [4.69, 9.17) is 5.73 Å². The number of thiophene rings is 1. The van der Waals surface area contributed by atoms with Gasteiger partial charge < -0.3 is 11.1 Å². The molecule has 0 aliphatic heterocycles. The van der Waals surface area contributed by atoms with E-state index in [2.05, 4.69) is 5.32 Å². The summed E-state index contributed by atoms with van der Waals surface area (Å²) in [6.45, 7) is 0. The van der Waals surface area contributed by atoms with Crippen molar-refractivity contribution in [3.63, 3.8) is 0 Å². The lowest BCUT2D eigenvalue weighted by molar-refractivity contribution is 0.103. The van der Waals surface area contributed by atoms with E-state index in [0.717, 1.165) is 12.1 Å². The van der Waals surface area contributed by atoms with Gasteiger partial charge in [0.15, 0.2) is 11.6 Å². The fourth-order valence-electron chi connectivity index (χ4n) is 1.27. The standard InChI is InChI=1S/C11H8F2N2OS/c12-7-2-1-6(5-8(7)13)15-11(16)10-9(14)3-4-17-10/h1-5H,14H2,(H,15,16). The summed E-state index contributed by atoms with van der Waals surface area (Å²) < 4.78 is 25.6. The van der Waals surface area contributed by atoms with Crippen LogP contribution in [-0.4, -0.2) is 5.91 Å². The number of nitrogens with one attached hydrogen (secondary N) is 1. The molecule has 1 amide bonds. The van der Waals surface area contributed by atoms with Crippen molar-refractivity contribution in [1.29, 1.82) is 0 Å². The molecule has 0 fully saturated rings. The number of hydrogen-bond donors (Lipinski definition) is 2. The van der Waals surface area contributed by atoms with Gasteiger partial charge in [0.2, 0.25) is 0 Å². The molecule has 0 radical (unpaired) electrons. The molecule has 0 aliphatic carbocycles. The van der Waals surface area contributed by atoms with Gasteiger partial charge in [0.1, 0.15) is 4.88 Å². The highest BCUT2D eigenvalue weighted by Crippen LogP contribution is 2.21. The first-order valence-corrected chi connectivity index (χ1v) is 5.55. The summed E-state index contributed by atoms with van der Waals surface area (Å²) in [5.41, 5.74) is 6.10. The quantitative estimate of drug-likeness (QED) is 0.865. The second kappa shape index (κ2) is 4.50. The van der Waals surface area contributed by atoms with Crippen LogP contribution >= 0.6 is 11.3 Å². The van der Waals surface area contributed by atoms with Crippen LogP contribution in [0.4, 0.5) is 20.2 Å². The number of carbonyl (C=O) groups excluding carboxylic acids is 1. The highest BCUT2D eigenvalue weighted by Gasteiger charge is 2.12. The summed E-state index contributed by atoms with van der Waals surface area (Å²) in [6.07, 6.45) is 0. The summed E-state index contributed by atoms with van der Waals surface area (Å²) >= 11 is 1.18. The average molecular weight is 254 g/mol. The maximum Gasteiger partial charge on any atom is 0.267 e. The SMILES string of the molecule is Nc1ccsc1C(=O)Nc1ccc(F)c(F)c1. The molecule has 1 aromatic heterocycles. The smallest absolute Gasteiger partial charge is 0.267 e. The summed E-state index contributed by atoms with van der Waals surface area (Å²) in [4.78, 5) is 12.0. The summed E-state index contributed by atoms with van der Waals surface area (Å²) in [7, 11) is 0. The Balaban J connectivity index is 2.19. The van der Waals surface area contributed by atoms with E-state index in [0.29, 0.717) is 10.6 Å². The minimum atomic E-state index is -1.01. The number of carbonyl (C=O) groups is 1. The van der Waals surface area contributed by atoms with Gasteiger partial charge in [-0.2, -0.15) is 0 Å². The molecule has 1 heterocycles. The van der Waals surface area contributed by atoms with E-state index in [9.17, 15) is 13.6 Å². The Morgan fingerprint density at radius 1 is 1.24 bits per heavy atom. The topological polar surface area (TPSA) is 55.1 Å². The van der Waals surface area contributed by atoms with Crippen molar-refractivity contribution >= 4 is 28.6 Å². The lowest BCUT2D eigenvalue weighted by Gasteiger charge is -2.04. The Kier molecular flexibility index (Phi) is 3.06. The van der Waals surface area contributed by atoms with Crippen molar-refractivity contribution in [3.8, 4) is 0 Å². The van der Waals surface area contributed by atoms with Crippen LogP contribution in [0.1, 0.15) is 9.67 Å². The van der Waals surface area contributed by atoms with Gasteiger partial charge >= 0.3 is 0 Å². The van der Waals surface area contributed by atoms with Gasteiger partial charge in [-0.05, 0) is 23.6 Å². The number of halogens is 2. The van der Waals surface area contributed by atoms with E-state index in [1.165, 1.54) is 17.4 Å². The zero-order chi connectivity index (χ0) is 12.4. The molecule has 2 aromatic rings. The molecule has 17 heavy (non-hydrogen) atoms. The molecule has 2 rings (SSSR count). The first-order chi connectivity index (χ1) is 8.08. The third-order valence-electron chi connectivity index (χ3n) is 2.08. The van der Waals surface area contributed by atoms with E-state index in [1.54, 1.807) is 11.4 Å².